The molecule has 2 aliphatic rings. The van der Waals surface area contributed by atoms with E-state index in [0.29, 0.717) is 29.8 Å². The largest absolute Gasteiger partial charge is 0.481 e. The van der Waals surface area contributed by atoms with Crippen molar-refractivity contribution in [3.8, 4) is 0 Å². The molecule has 4 rings (SSSR count). The molecule has 2 aromatic rings. The number of rotatable bonds is 13. The number of benzene rings is 2. The number of ketones is 1. The van der Waals surface area contributed by atoms with Crippen LogP contribution in [-0.4, -0.2) is 92.2 Å². The van der Waals surface area contributed by atoms with Gasteiger partial charge in [0.2, 0.25) is 17.7 Å². The van der Waals surface area contributed by atoms with Crippen molar-refractivity contribution in [2.24, 2.45) is 11.5 Å². The second-order valence-corrected chi connectivity index (χ2v) is 10.7. The van der Waals surface area contributed by atoms with Gasteiger partial charge < -0.3 is 37.4 Å². The molecule has 2 aliphatic heterocycles. The number of amides is 4. The molecule has 1 saturated heterocycles. The van der Waals surface area contributed by atoms with Gasteiger partial charge in [-0.3, -0.25) is 49.0 Å². The van der Waals surface area contributed by atoms with E-state index in [4.69, 9.17) is 32.5 Å². The number of aliphatic carboxylic acids is 3. The van der Waals surface area contributed by atoms with Crippen LogP contribution in [-0.2, 0) is 35.3 Å². The Morgan fingerprint density at radius 2 is 1.58 bits per heavy atom. The molecule has 3 unspecified atom stereocenters. The lowest BCUT2D eigenvalue weighted by molar-refractivity contribution is -0.141. The van der Waals surface area contributed by atoms with Gasteiger partial charge in [-0.25, -0.2) is 0 Å². The van der Waals surface area contributed by atoms with Gasteiger partial charge in [0.05, 0.1) is 6.54 Å². The first kappa shape index (κ1) is 38.5. The zero-order valence-corrected chi connectivity index (χ0v) is 25.8. The monoisotopic (exact) mass is 670 g/mol. The number of nitrogens with two attached hydrogens (primary N) is 3. The number of fused-ring (bicyclic) bond motifs is 1. The molecule has 48 heavy (non-hydrogen) atoms. The lowest BCUT2D eigenvalue weighted by Gasteiger charge is -2.29. The first-order valence-corrected chi connectivity index (χ1v) is 14.7. The number of nitrogen functional groups attached to an aromatic ring is 1. The third-order valence-corrected chi connectivity index (χ3v) is 7.19. The molecular weight excluding hydrogens is 632 g/mol. The molecule has 17 heteroatoms. The Morgan fingerprint density at radius 3 is 2.12 bits per heavy atom. The van der Waals surface area contributed by atoms with E-state index in [1.807, 2.05) is 0 Å². The van der Waals surface area contributed by atoms with Gasteiger partial charge in [0.15, 0.2) is 5.78 Å². The van der Waals surface area contributed by atoms with Crippen LogP contribution >= 0.6 is 0 Å². The normalized spacial score (nSPS) is 16.1. The predicted molar refractivity (Wildman–Crippen MR) is 168 cm³/mol. The first-order chi connectivity index (χ1) is 22.6. The Labute approximate surface area is 274 Å². The summed E-state index contributed by atoms with van der Waals surface area (Å²) in [4.78, 5) is 89.9. The van der Waals surface area contributed by atoms with E-state index in [1.165, 1.54) is 4.90 Å². The fourth-order valence-electron chi connectivity index (χ4n) is 4.55. The number of piperidine rings is 1. The van der Waals surface area contributed by atoms with Crippen molar-refractivity contribution < 1.29 is 53.7 Å². The van der Waals surface area contributed by atoms with E-state index in [2.05, 4.69) is 10.6 Å². The summed E-state index contributed by atoms with van der Waals surface area (Å²) in [6.45, 7) is 0.229. The van der Waals surface area contributed by atoms with Gasteiger partial charge in [0.25, 0.3) is 5.91 Å². The summed E-state index contributed by atoms with van der Waals surface area (Å²) in [5.41, 5.74) is 18.2. The Hall–Kier alpha value is -5.68. The van der Waals surface area contributed by atoms with Crippen molar-refractivity contribution in [2.45, 2.75) is 63.2 Å². The quantitative estimate of drug-likeness (QED) is 0.0755. The maximum absolute atomic E-state index is 12.3. The predicted octanol–water partition coefficient (Wildman–Crippen LogP) is -0.529. The Bertz CT molecular complexity index is 1530. The maximum Gasteiger partial charge on any atom is 0.320 e. The van der Waals surface area contributed by atoms with Crippen molar-refractivity contribution in [3.63, 3.8) is 0 Å². The van der Waals surface area contributed by atoms with E-state index in [-0.39, 0.29) is 56.2 Å². The third kappa shape index (κ3) is 11.9. The number of Topliss-reactive ketones (excluding diaryl/α,β-unsaturated/α-hetero) is 1. The van der Waals surface area contributed by atoms with Crippen molar-refractivity contribution in [2.75, 3.05) is 12.3 Å². The summed E-state index contributed by atoms with van der Waals surface area (Å²) in [6, 6.07) is 11.1. The number of carbonyl (C=O) groups is 8. The Kier molecular flexibility index (Phi) is 14.8. The SMILES string of the molecule is NC(=O)CCC(NCC(=O)c1ccccc1)C(=O)O.NC(CCC(=O)O)C(=O)O.Nc1cccc2c1CN(C1CCC(=O)NC1=O)C2=O. The molecule has 0 saturated carbocycles. The van der Waals surface area contributed by atoms with E-state index >= 15 is 0 Å². The average Bonchev–Trinajstić information content (AvgIpc) is 3.37. The van der Waals surface area contributed by atoms with Crippen LogP contribution in [0, 0.1) is 0 Å². The van der Waals surface area contributed by atoms with Gasteiger partial charge >= 0.3 is 17.9 Å². The van der Waals surface area contributed by atoms with Gasteiger partial charge in [-0.15, -0.1) is 0 Å². The molecule has 1 fully saturated rings. The zero-order valence-electron chi connectivity index (χ0n) is 25.8. The summed E-state index contributed by atoms with van der Waals surface area (Å²) >= 11 is 0. The third-order valence-electron chi connectivity index (χ3n) is 7.19. The lowest BCUT2D eigenvalue weighted by atomic mass is 10.0. The zero-order chi connectivity index (χ0) is 36.0. The molecule has 17 nitrogen and oxygen atoms in total. The highest BCUT2D eigenvalue weighted by molar-refractivity contribution is 6.06. The molecule has 0 radical (unpaired) electrons. The first-order valence-electron chi connectivity index (χ1n) is 14.7. The number of hydrogen-bond acceptors (Lipinski definition) is 11. The Balaban J connectivity index is 0.000000264. The van der Waals surface area contributed by atoms with Gasteiger partial charge in [0.1, 0.15) is 18.1 Å². The van der Waals surface area contributed by atoms with Crippen LogP contribution in [0.4, 0.5) is 5.69 Å². The fraction of sp³-hybridized carbons (Fsp3) is 0.355. The number of carboxylic acids is 3. The van der Waals surface area contributed by atoms with Gasteiger partial charge in [-0.05, 0) is 31.4 Å². The van der Waals surface area contributed by atoms with Crippen LogP contribution in [0.15, 0.2) is 48.5 Å². The van der Waals surface area contributed by atoms with E-state index in [9.17, 15) is 38.4 Å². The molecule has 0 spiro atoms. The highest BCUT2D eigenvalue weighted by Gasteiger charge is 2.39. The van der Waals surface area contributed by atoms with E-state index in [1.54, 1.807) is 48.5 Å². The topological polar surface area (TPSA) is 303 Å². The second kappa shape index (κ2) is 18.5. The lowest BCUT2D eigenvalue weighted by Crippen LogP contribution is -2.52. The van der Waals surface area contributed by atoms with Crippen LogP contribution in [0.5, 0.6) is 0 Å². The second-order valence-electron chi connectivity index (χ2n) is 10.7. The van der Waals surface area contributed by atoms with Crippen LogP contribution in [0.2, 0.25) is 0 Å². The van der Waals surface area contributed by atoms with Gasteiger partial charge in [-0.2, -0.15) is 0 Å². The van der Waals surface area contributed by atoms with E-state index in [0.717, 1.165) is 5.56 Å². The average molecular weight is 671 g/mol. The molecule has 11 N–H and O–H groups in total. The molecule has 0 aromatic heterocycles. The summed E-state index contributed by atoms with van der Waals surface area (Å²) in [6.07, 6.45) is 0.421. The van der Waals surface area contributed by atoms with Gasteiger partial charge in [-0.1, -0.05) is 36.4 Å². The highest BCUT2D eigenvalue weighted by atomic mass is 16.4. The number of nitrogens with zero attached hydrogens (tertiary/aromatic N) is 1. The number of imide groups is 1. The summed E-state index contributed by atoms with van der Waals surface area (Å²) in [7, 11) is 0. The molecule has 0 aliphatic carbocycles. The number of carbonyl (C=O) groups excluding carboxylic acids is 5. The number of carboxylic acid groups (broad SMARTS) is 3. The number of nitrogens with one attached hydrogen (secondary N) is 2. The molecule has 2 heterocycles. The molecule has 0 bridgehead atoms. The molecular formula is C31H38N6O11. The van der Waals surface area contributed by atoms with Crippen molar-refractivity contribution in [1.82, 2.24) is 15.5 Å². The summed E-state index contributed by atoms with van der Waals surface area (Å²) < 4.78 is 0. The van der Waals surface area contributed by atoms with Gasteiger partial charge in [0, 0.05) is 48.2 Å². The molecule has 4 amide bonds. The van der Waals surface area contributed by atoms with Crippen molar-refractivity contribution >= 4 is 53.0 Å². The van der Waals surface area contributed by atoms with Crippen LogP contribution in [0.25, 0.3) is 0 Å². The van der Waals surface area contributed by atoms with Crippen molar-refractivity contribution in [1.29, 1.82) is 0 Å². The molecule has 258 valence electrons. The minimum Gasteiger partial charge on any atom is -0.481 e. The molecule has 2 aromatic carbocycles. The van der Waals surface area contributed by atoms with Crippen LogP contribution < -0.4 is 27.8 Å². The van der Waals surface area contributed by atoms with Crippen LogP contribution in [0.3, 0.4) is 0 Å². The minimum atomic E-state index is -1.17. The summed E-state index contributed by atoms with van der Waals surface area (Å²) in [5.74, 6) is -4.97. The highest BCUT2D eigenvalue weighted by Crippen LogP contribution is 2.30. The Morgan fingerprint density at radius 1 is 0.917 bits per heavy atom. The number of hydrogen-bond donors (Lipinski definition) is 8. The van der Waals surface area contributed by atoms with E-state index < -0.39 is 47.8 Å². The number of primary amides is 1. The maximum atomic E-state index is 12.3. The number of anilines is 1. The van der Waals surface area contributed by atoms with Crippen molar-refractivity contribution in [3.05, 3.63) is 65.2 Å². The smallest absolute Gasteiger partial charge is 0.320 e. The van der Waals surface area contributed by atoms with Crippen LogP contribution in [0.1, 0.15) is 64.8 Å². The molecule has 3 atom stereocenters. The fourth-order valence-corrected chi connectivity index (χ4v) is 4.55. The summed E-state index contributed by atoms with van der Waals surface area (Å²) in [5, 5.41) is 30.1. The minimum absolute atomic E-state index is 0.0231. The standard InChI is InChI=1S/C13H13N3O3.C13H16N2O4.C5H9NO4/c14-9-3-1-2-7-8(9)6-16(13(7)19)10-4-5-11(17)15-12(10)18;14-12(17)7-6-10(13(18)19)15-8-11(16)9-4-2-1-3-5-9;6-3(5(9)10)1-2-4(7)8/h1-3,10H,4-6,14H2,(H,15,17,18);1-5,10,15H,6-8H2,(H2,14,17)(H,18,19);3H,1-2,6H2,(H,7,8)(H,9,10).